The van der Waals surface area contributed by atoms with Gasteiger partial charge >= 0.3 is 0 Å². The Morgan fingerprint density at radius 2 is 2.19 bits per heavy atom. The highest BCUT2D eigenvalue weighted by atomic mass is 16.2. The zero-order valence-corrected chi connectivity index (χ0v) is 11.8. The van der Waals surface area contributed by atoms with E-state index in [9.17, 15) is 4.79 Å². The number of aliphatic hydroxyl groups is 1. The van der Waals surface area contributed by atoms with E-state index < -0.39 is 0 Å². The van der Waals surface area contributed by atoms with E-state index in [4.69, 9.17) is 5.11 Å². The average Bonchev–Trinajstić information content (AvgIpc) is 3.02. The first-order chi connectivity index (χ1) is 10.2. The third kappa shape index (κ3) is 4.20. The quantitative estimate of drug-likeness (QED) is 0.746. The van der Waals surface area contributed by atoms with Crippen molar-refractivity contribution in [3.63, 3.8) is 0 Å². The summed E-state index contributed by atoms with van der Waals surface area (Å²) in [6, 6.07) is 6.85. The summed E-state index contributed by atoms with van der Waals surface area (Å²) in [4.78, 5) is 19.2. The molecule has 108 valence electrons. The van der Waals surface area contributed by atoms with Crippen LogP contribution in [0.1, 0.15) is 41.1 Å². The fraction of sp³-hybridized carbons (Fsp3) is 0.250. The number of aliphatic hydroxyl groups excluding tert-OH is 1. The van der Waals surface area contributed by atoms with E-state index in [0.29, 0.717) is 12.0 Å². The summed E-state index contributed by atoms with van der Waals surface area (Å²) in [6.07, 6.45) is 3.82. The number of amides is 1. The molecule has 3 N–H and O–H groups in total. The zero-order valence-electron chi connectivity index (χ0n) is 11.8. The lowest BCUT2D eigenvalue weighted by Crippen LogP contribution is -2.27. The van der Waals surface area contributed by atoms with Gasteiger partial charge in [-0.2, -0.15) is 0 Å². The van der Waals surface area contributed by atoms with Crippen LogP contribution < -0.4 is 5.32 Å². The fourth-order valence-corrected chi connectivity index (χ4v) is 1.79. The van der Waals surface area contributed by atoms with E-state index >= 15 is 0 Å². The minimum atomic E-state index is -0.184. The Morgan fingerprint density at radius 1 is 1.43 bits per heavy atom. The summed E-state index contributed by atoms with van der Waals surface area (Å²) >= 11 is 0. The standard InChI is InChI=1S/C16H17N3O2/c1-12(15-17-9-10-18-15)19-16(21)14-7-5-13(6-8-14)4-2-3-11-20/h5-10,12,20H,3,11H2,1H3,(H,17,18)(H,19,21). The molecule has 5 nitrogen and oxygen atoms in total. The summed E-state index contributed by atoms with van der Waals surface area (Å²) in [5.74, 6) is 6.31. The van der Waals surface area contributed by atoms with E-state index in [2.05, 4.69) is 27.1 Å². The van der Waals surface area contributed by atoms with Crippen molar-refractivity contribution in [3.8, 4) is 11.8 Å². The highest BCUT2D eigenvalue weighted by Gasteiger charge is 2.12. The van der Waals surface area contributed by atoms with Crippen LogP contribution in [-0.2, 0) is 0 Å². The van der Waals surface area contributed by atoms with E-state index in [1.165, 1.54) is 0 Å². The van der Waals surface area contributed by atoms with Gasteiger partial charge in [0.15, 0.2) is 0 Å². The van der Waals surface area contributed by atoms with Crippen molar-refractivity contribution >= 4 is 5.91 Å². The van der Waals surface area contributed by atoms with Crippen LogP contribution in [0, 0.1) is 11.8 Å². The zero-order chi connectivity index (χ0) is 15.1. The summed E-state index contributed by atoms with van der Waals surface area (Å²) in [5, 5.41) is 11.5. The van der Waals surface area contributed by atoms with Gasteiger partial charge in [0.1, 0.15) is 5.82 Å². The van der Waals surface area contributed by atoms with Crippen molar-refractivity contribution < 1.29 is 9.90 Å². The summed E-state index contributed by atoms with van der Waals surface area (Å²) in [7, 11) is 0. The number of aromatic nitrogens is 2. The first kappa shape index (κ1) is 14.8. The molecule has 1 aromatic heterocycles. The molecule has 0 radical (unpaired) electrons. The molecule has 21 heavy (non-hydrogen) atoms. The van der Waals surface area contributed by atoms with Gasteiger partial charge in [0.25, 0.3) is 5.91 Å². The molecule has 0 aliphatic rings. The van der Waals surface area contributed by atoms with Crippen molar-refractivity contribution in [3.05, 3.63) is 53.6 Å². The molecule has 1 amide bonds. The highest BCUT2D eigenvalue weighted by molar-refractivity contribution is 5.94. The Balaban J connectivity index is 1.98. The van der Waals surface area contributed by atoms with Gasteiger partial charge < -0.3 is 15.4 Å². The normalized spacial score (nSPS) is 11.3. The third-order valence-electron chi connectivity index (χ3n) is 2.89. The van der Waals surface area contributed by atoms with Gasteiger partial charge in [-0.05, 0) is 31.2 Å². The monoisotopic (exact) mass is 283 g/mol. The van der Waals surface area contributed by atoms with Gasteiger partial charge in [-0.3, -0.25) is 4.79 Å². The summed E-state index contributed by atoms with van der Waals surface area (Å²) in [6.45, 7) is 1.92. The van der Waals surface area contributed by atoms with Gasteiger partial charge in [0.05, 0.1) is 12.6 Å². The molecule has 0 fully saturated rings. The molecule has 1 atom stereocenters. The smallest absolute Gasteiger partial charge is 0.251 e. The number of rotatable bonds is 4. The number of hydrogen-bond donors (Lipinski definition) is 3. The SMILES string of the molecule is CC(NC(=O)c1ccc(C#CCCO)cc1)c1ncc[nH]1. The lowest BCUT2D eigenvalue weighted by molar-refractivity contribution is 0.0938. The molecule has 2 rings (SSSR count). The van der Waals surface area contributed by atoms with Crippen LogP contribution in [0.3, 0.4) is 0 Å². The summed E-state index contributed by atoms with van der Waals surface area (Å²) < 4.78 is 0. The van der Waals surface area contributed by atoms with Gasteiger partial charge in [-0.25, -0.2) is 4.98 Å². The van der Waals surface area contributed by atoms with Crippen molar-refractivity contribution in [2.75, 3.05) is 6.61 Å². The van der Waals surface area contributed by atoms with Crippen LogP contribution in [0.25, 0.3) is 0 Å². The number of nitrogens with zero attached hydrogens (tertiary/aromatic N) is 1. The fourth-order valence-electron chi connectivity index (χ4n) is 1.79. The Hall–Kier alpha value is -2.58. The van der Waals surface area contributed by atoms with Gasteiger partial charge in [-0.1, -0.05) is 11.8 Å². The molecular formula is C16H17N3O2. The molecule has 0 saturated carbocycles. The Labute approximate surface area is 123 Å². The molecule has 1 unspecified atom stereocenters. The molecule has 5 heteroatoms. The molecule has 0 aliphatic carbocycles. The van der Waals surface area contributed by atoms with Crippen molar-refractivity contribution in [1.29, 1.82) is 0 Å². The van der Waals surface area contributed by atoms with Crippen molar-refractivity contribution in [1.82, 2.24) is 15.3 Å². The number of carbonyl (C=O) groups excluding carboxylic acids is 1. The molecule has 0 bridgehead atoms. The predicted molar refractivity (Wildman–Crippen MR) is 79.5 cm³/mol. The van der Waals surface area contributed by atoms with Crippen molar-refractivity contribution in [2.24, 2.45) is 0 Å². The number of carbonyl (C=O) groups is 1. The largest absolute Gasteiger partial charge is 0.395 e. The lowest BCUT2D eigenvalue weighted by atomic mass is 10.1. The van der Waals surface area contributed by atoms with E-state index in [-0.39, 0.29) is 18.6 Å². The van der Waals surface area contributed by atoms with Gasteiger partial charge in [-0.15, -0.1) is 0 Å². The predicted octanol–water partition coefficient (Wildman–Crippen LogP) is 1.63. The third-order valence-corrected chi connectivity index (χ3v) is 2.89. The van der Waals surface area contributed by atoms with Gasteiger partial charge in [0.2, 0.25) is 0 Å². The first-order valence-corrected chi connectivity index (χ1v) is 6.70. The lowest BCUT2D eigenvalue weighted by Gasteiger charge is -2.11. The van der Waals surface area contributed by atoms with E-state index in [1.807, 2.05) is 6.92 Å². The molecule has 0 aliphatic heterocycles. The van der Waals surface area contributed by atoms with Gasteiger partial charge in [0, 0.05) is 29.9 Å². The van der Waals surface area contributed by atoms with Crippen LogP contribution in [0.5, 0.6) is 0 Å². The molecule has 0 spiro atoms. The second-order valence-electron chi connectivity index (χ2n) is 4.52. The first-order valence-electron chi connectivity index (χ1n) is 6.70. The minimum Gasteiger partial charge on any atom is -0.395 e. The Kier molecular flexibility index (Phi) is 5.13. The van der Waals surface area contributed by atoms with E-state index in [1.54, 1.807) is 36.7 Å². The number of imidazole rings is 1. The molecule has 1 heterocycles. The minimum absolute atomic E-state index is 0.0537. The highest BCUT2D eigenvalue weighted by Crippen LogP contribution is 2.09. The van der Waals surface area contributed by atoms with Crippen LogP contribution in [0.15, 0.2) is 36.7 Å². The maximum absolute atomic E-state index is 12.1. The number of aromatic amines is 1. The topological polar surface area (TPSA) is 78.0 Å². The Bertz CT molecular complexity index is 636. The van der Waals surface area contributed by atoms with Crippen LogP contribution in [0.2, 0.25) is 0 Å². The molecule has 1 aromatic carbocycles. The van der Waals surface area contributed by atoms with Crippen LogP contribution >= 0.6 is 0 Å². The summed E-state index contributed by atoms with van der Waals surface area (Å²) in [5.41, 5.74) is 1.39. The van der Waals surface area contributed by atoms with E-state index in [0.717, 1.165) is 11.4 Å². The number of nitrogens with one attached hydrogen (secondary N) is 2. The maximum Gasteiger partial charge on any atom is 0.251 e. The second-order valence-corrected chi connectivity index (χ2v) is 4.52. The maximum atomic E-state index is 12.1. The van der Waals surface area contributed by atoms with Crippen LogP contribution in [0.4, 0.5) is 0 Å². The molecule has 2 aromatic rings. The number of hydrogen-bond acceptors (Lipinski definition) is 3. The number of H-pyrrole nitrogens is 1. The average molecular weight is 283 g/mol. The second kappa shape index (κ2) is 7.27. The molecular weight excluding hydrogens is 266 g/mol. The Morgan fingerprint density at radius 3 is 2.81 bits per heavy atom. The van der Waals surface area contributed by atoms with Crippen LogP contribution in [-0.4, -0.2) is 27.6 Å². The molecule has 0 saturated heterocycles. The number of benzene rings is 1. The van der Waals surface area contributed by atoms with Crippen molar-refractivity contribution in [2.45, 2.75) is 19.4 Å².